The van der Waals surface area contributed by atoms with Crippen molar-refractivity contribution in [2.24, 2.45) is 0 Å². The first-order valence-corrected chi connectivity index (χ1v) is 10.8. The lowest BCUT2D eigenvalue weighted by Gasteiger charge is -2.22. The molecule has 7 nitrogen and oxygen atoms in total. The summed E-state index contributed by atoms with van der Waals surface area (Å²) in [5.74, 6) is -3.04. The molecule has 3 amide bonds. The van der Waals surface area contributed by atoms with Crippen LogP contribution in [0.15, 0.2) is 72.8 Å². The number of esters is 1. The summed E-state index contributed by atoms with van der Waals surface area (Å²) in [6.07, 6.45) is -4.68. The van der Waals surface area contributed by atoms with E-state index in [1.807, 2.05) is 6.07 Å². The van der Waals surface area contributed by atoms with Gasteiger partial charge in [0.1, 0.15) is 0 Å². The van der Waals surface area contributed by atoms with Gasteiger partial charge >= 0.3 is 12.1 Å². The molecule has 0 bridgehead atoms. The smallest absolute Gasteiger partial charge is 0.418 e. The van der Waals surface area contributed by atoms with Crippen molar-refractivity contribution < 1.29 is 37.1 Å². The normalized spacial score (nSPS) is 13.8. The fourth-order valence-electron chi connectivity index (χ4n) is 3.86. The molecule has 0 saturated carbocycles. The van der Waals surface area contributed by atoms with Gasteiger partial charge in [-0.1, -0.05) is 42.5 Å². The van der Waals surface area contributed by atoms with E-state index in [0.717, 1.165) is 22.6 Å². The van der Waals surface area contributed by atoms with Gasteiger partial charge in [-0.25, -0.2) is 4.79 Å². The summed E-state index contributed by atoms with van der Waals surface area (Å²) in [4.78, 5) is 51.5. The number of carbonyl (C=O) groups excluding carboxylic acids is 4. The molecule has 3 aromatic rings. The van der Waals surface area contributed by atoms with Gasteiger partial charge in [-0.05, 0) is 42.8 Å². The predicted octanol–water partition coefficient (Wildman–Crippen LogP) is 4.86. The Balaban J connectivity index is 1.44. The van der Waals surface area contributed by atoms with E-state index in [0.29, 0.717) is 0 Å². The van der Waals surface area contributed by atoms with E-state index in [4.69, 9.17) is 4.74 Å². The molecule has 1 N–H and O–H groups in total. The van der Waals surface area contributed by atoms with Gasteiger partial charge in [0.2, 0.25) is 0 Å². The minimum absolute atomic E-state index is 0.0146. The van der Waals surface area contributed by atoms with Crippen molar-refractivity contribution in [2.75, 3.05) is 11.9 Å². The number of anilines is 1. The summed E-state index contributed by atoms with van der Waals surface area (Å²) < 4.78 is 44.2. The van der Waals surface area contributed by atoms with Gasteiger partial charge < -0.3 is 10.1 Å². The highest BCUT2D eigenvalue weighted by atomic mass is 19.4. The second-order valence-corrected chi connectivity index (χ2v) is 7.99. The van der Waals surface area contributed by atoms with Gasteiger partial charge in [0.15, 0.2) is 6.61 Å². The van der Waals surface area contributed by atoms with Crippen LogP contribution in [0.5, 0.6) is 0 Å². The zero-order valence-corrected chi connectivity index (χ0v) is 18.8. The van der Waals surface area contributed by atoms with Crippen LogP contribution >= 0.6 is 0 Å². The third-order valence-electron chi connectivity index (χ3n) is 5.66. The van der Waals surface area contributed by atoms with Gasteiger partial charge in [0, 0.05) is 0 Å². The van der Waals surface area contributed by atoms with E-state index < -0.39 is 53.8 Å². The molecular formula is C26H19F3N2O5. The topological polar surface area (TPSA) is 92.8 Å². The van der Waals surface area contributed by atoms with Crippen LogP contribution in [0.2, 0.25) is 0 Å². The zero-order chi connectivity index (χ0) is 26.0. The lowest BCUT2D eigenvalue weighted by Crippen LogP contribution is -2.32. The van der Waals surface area contributed by atoms with Crippen LogP contribution in [0.4, 0.5) is 18.9 Å². The Morgan fingerprint density at radius 2 is 1.56 bits per heavy atom. The number of amides is 3. The fraction of sp³-hybridized carbons (Fsp3) is 0.154. The summed E-state index contributed by atoms with van der Waals surface area (Å²) in [5, 5.41) is 2.07. The number of hydrogen-bond acceptors (Lipinski definition) is 5. The number of carbonyl (C=O) groups is 4. The largest absolute Gasteiger partial charge is 0.452 e. The minimum Gasteiger partial charge on any atom is -0.452 e. The average Bonchev–Trinajstić information content (AvgIpc) is 3.11. The maximum Gasteiger partial charge on any atom is 0.418 e. The number of alkyl halides is 3. The standard InChI is InChI=1S/C26H19F3N2O5/c1-15(16-7-3-2-4-8-16)31-23(33)18-12-11-17(13-19(18)24(31)34)25(35)36-14-22(32)30-21-10-6-5-9-20(21)26(27,28)29/h2-13,15H,14H2,1H3,(H,30,32)/t15-/m0/s1. The first kappa shape index (κ1) is 24.6. The number of halogens is 3. The van der Waals surface area contributed by atoms with Crippen molar-refractivity contribution in [3.8, 4) is 0 Å². The van der Waals surface area contributed by atoms with E-state index in [9.17, 15) is 32.3 Å². The van der Waals surface area contributed by atoms with E-state index >= 15 is 0 Å². The van der Waals surface area contributed by atoms with Gasteiger partial charge in [-0.15, -0.1) is 0 Å². The van der Waals surface area contributed by atoms with Crippen molar-refractivity contribution >= 4 is 29.4 Å². The second kappa shape index (κ2) is 9.65. The monoisotopic (exact) mass is 496 g/mol. The Bertz CT molecular complexity index is 1360. The molecule has 1 heterocycles. The van der Waals surface area contributed by atoms with Crippen LogP contribution in [0.3, 0.4) is 0 Å². The third-order valence-corrected chi connectivity index (χ3v) is 5.66. The number of ether oxygens (including phenoxy) is 1. The lowest BCUT2D eigenvalue weighted by molar-refractivity contribution is -0.137. The number of benzene rings is 3. The number of rotatable bonds is 6. The molecule has 0 spiro atoms. The Morgan fingerprint density at radius 3 is 2.25 bits per heavy atom. The summed E-state index contributed by atoms with van der Waals surface area (Å²) in [6.45, 7) is 0.855. The molecule has 0 unspecified atom stereocenters. The molecule has 1 atom stereocenters. The number of hydrogen-bond donors (Lipinski definition) is 1. The van der Waals surface area contributed by atoms with E-state index in [1.165, 1.54) is 30.3 Å². The molecule has 0 aliphatic carbocycles. The fourth-order valence-corrected chi connectivity index (χ4v) is 3.86. The molecule has 0 radical (unpaired) electrons. The van der Waals surface area contributed by atoms with Crippen molar-refractivity contribution in [2.45, 2.75) is 19.1 Å². The van der Waals surface area contributed by atoms with E-state index in [1.54, 1.807) is 31.2 Å². The Morgan fingerprint density at radius 1 is 0.917 bits per heavy atom. The van der Waals surface area contributed by atoms with Crippen molar-refractivity contribution in [1.82, 2.24) is 4.90 Å². The zero-order valence-electron chi connectivity index (χ0n) is 18.8. The molecule has 0 aromatic heterocycles. The first-order valence-electron chi connectivity index (χ1n) is 10.8. The second-order valence-electron chi connectivity index (χ2n) is 7.99. The number of nitrogens with zero attached hydrogens (tertiary/aromatic N) is 1. The van der Waals surface area contributed by atoms with Crippen LogP contribution < -0.4 is 5.32 Å². The van der Waals surface area contributed by atoms with Gasteiger partial charge in [-0.3, -0.25) is 19.3 Å². The summed E-state index contributed by atoms with van der Waals surface area (Å²) in [5.41, 5.74) is -0.708. The maximum absolute atomic E-state index is 13.1. The van der Waals surface area contributed by atoms with Crippen LogP contribution in [0, 0.1) is 0 Å². The number of imide groups is 1. The highest BCUT2D eigenvalue weighted by Crippen LogP contribution is 2.35. The molecule has 1 aliphatic rings. The molecule has 4 rings (SSSR count). The minimum atomic E-state index is -4.68. The van der Waals surface area contributed by atoms with Crippen LogP contribution in [-0.4, -0.2) is 35.2 Å². The van der Waals surface area contributed by atoms with Gasteiger partial charge in [-0.2, -0.15) is 13.2 Å². The quantitative estimate of drug-likeness (QED) is 0.389. The molecule has 1 aliphatic heterocycles. The SMILES string of the molecule is C[C@@H](c1ccccc1)N1C(=O)c2ccc(C(=O)OCC(=O)Nc3ccccc3C(F)(F)F)cc2C1=O. The lowest BCUT2D eigenvalue weighted by atomic mass is 10.1. The summed E-state index contributed by atoms with van der Waals surface area (Å²) in [7, 11) is 0. The van der Waals surface area contributed by atoms with E-state index in [-0.39, 0.29) is 16.7 Å². The Labute approximate surface area is 203 Å². The van der Waals surface area contributed by atoms with Crippen molar-refractivity contribution in [3.05, 3.63) is 101 Å². The average molecular weight is 496 g/mol. The van der Waals surface area contributed by atoms with Gasteiger partial charge in [0.25, 0.3) is 17.7 Å². The number of nitrogens with one attached hydrogen (secondary N) is 1. The van der Waals surface area contributed by atoms with Crippen LogP contribution in [-0.2, 0) is 15.7 Å². The van der Waals surface area contributed by atoms with Gasteiger partial charge in [0.05, 0.1) is 34.0 Å². The Hall–Kier alpha value is -4.47. The summed E-state index contributed by atoms with van der Waals surface area (Å²) in [6, 6.07) is 16.6. The molecule has 3 aromatic carbocycles. The number of para-hydroxylation sites is 1. The molecular weight excluding hydrogens is 477 g/mol. The van der Waals surface area contributed by atoms with Crippen molar-refractivity contribution in [1.29, 1.82) is 0 Å². The predicted molar refractivity (Wildman–Crippen MR) is 122 cm³/mol. The Kier molecular flexibility index (Phi) is 6.61. The molecule has 36 heavy (non-hydrogen) atoms. The van der Waals surface area contributed by atoms with Crippen LogP contribution in [0.1, 0.15) is 55.2 Å². The van der Waals surface area contributed by atoms with E-state index in [2.05, 4.69) is 5.32 Å². The highest BCUT2D eigenvalue weighted by Gasteiger charge is 2.39. The molecule has 10 heteroatoms. The first-order chi connectivity index (χ1) is 17.1. The molecule has 184 valence electrons. The summed E-state index contributed by atoms with van der Waals surface area (Å²) >= 11 is 0. The number of fused-ring (bicyclic) bond motifs is 1. The van der Waals surface area contributed by atoms with Crippen molar-refractivity contribution in [3.63, 3.8) is 0 Å². The molecule has 0 saturated heterocycles. The van der Waals surface area contributed by atoms with Crippen LogP contribution in [0.25, 0.3) is 0 Å². The maximum atomic E-state index is 13.1. The molecule has 0 fully saturated rings. The third kappa shape index (κ3) is 4.83. The highest BCUT2D eigenvalue weighted by molar-refractivity contribution is 6.22.